The van der Waals surface area contributed by atoms with Crippen molar-refractivity contribution >= 4 is 5.97 Å². The molecule has 0 amide bonds. The lowest BCUT2D eigenvalue weighted by atomic mass is 10.1. The molecule has 0 atom stereocenters. The maximum Gasteiger partial charge on any atom is 0.416 e. The van der Waals surface area contributed by atoms with E-state index in [4.69, 9.17) is 5.11 Å². The summed E-state index contributed by atoms with van der Waals surface area (Å²) in [6, 6.07) is 5.75. The average Bonchev–Trinajstić information content (AvgIpc) is 2.80. The van der Waals surface area contributed by atoms with E-state index in [0.29, 0.717) is 0 Å². The second-order valence-electron chi connectivity index (χ2n) is 3.63. The molecule has 0 aliphatic rings. The second-order valence-corrected chi connectivity index (χ2v) is 3.63. The summed E-state index contributed by atoms with van der Waals surface area (Å²) in [7, 11) is 0. The minimum atomic E-state index is -4.50. The van der Waals surface area contributed by atoms with Crippen LogP contribution in [-0.4, -0.2) is 15.6 Å². The van der Waals surface area contributed by atoms with Gasteiger partial charge in [0.1, 0.15) is 0 Å². The van der Waals surface area contributed by atoms with E-state index in [9.17, 15) is 18.0 Å². The van der Waals surface area contributed by atoms with Gasteiger partial charge in [-0.25, -0.2) is 4.79 Å². The third kappa shape index (κ3) is 2.22. The molecule has 0 bridgehead atoms. The molecule has 1 aromatic carbocycles. The first-order valence-electron chi connectivity index (χ1n) is 4.97. The van der Waals surface area contributed by atoms with Crippen molar-refractivity contribution in [1.82, 2.24) is 4.57 Å². The topological polar surface area (TPSA) is 42.2 Å². The summed E-state index contributed by atoms with van der Waals surface area (Å²) in [5.41, 5.74) is -1.07. The first-order chi connectivity index (χ1) is 8.39. The van der Waals surface area contributed by atoms with Gasteiger partial charge in [0, 0.05) is 12.4 Å². The maximum absolute atomic E-state index is 12.6. The highest BCUT2D eigenvalue weighted by Crippen LogP contribution is 2.31. The smallest absolute Gasteiger partial charge is 0.416 e. The van der Waals surface area contributed by atoms with Gasteiger partial charge in [0.2, 0.25) is 0 Å². The Hall–Kier alpha value is -2.24. The fourth-order valence-corrected chi connectivity index (χ4v) is 1.60. The minimum Gasteiger partial charge on any atom is -0.478 e. The minimum absolute atomic E-state index is 0.0117. The lowest BCUT2D eigenvalue weighted by molar-refractivity contribution is -0.137. The molecule has 0 aliphatic heterocycles. The Kier molecular flexibility index (Phi) is 2.86. The number of rotatable bonds is 2. The molecule has 0 saturated carbocycles. The third-order valence-electron chi connectivity index (χ3n) is 2.44. The van der Waals surface area contributed by atoms with Gasteiger partial charge in [-0.05, 0) is 30.3 Å². The van der Waals surface area contributed by atoms with Crippen LogP contribution in [-0.2, 0) is 6.18 Å². The predicted octanol–water partition coefficient (Wildman–Crippen LogP) is 3.19. The van der Waals surface area contributed by atoms with Crippen LogP contribution in [0.4, 0.5) is 13.2 Å². The van der Waals surface area contributed by atoms with Crippen molar-refractivity contribution in [2.45, 2.75) is 6.18 Å². The fraction of sp³-hybridized carbons (Fsp3) is 0.0833. The monoisotopic (exact) mass is 255 g/mol. The van der Waals surface area contributed by atoms with Gasteiger partial charge in [-0.1, -0.05) is 0 Å². The lowest BCUT2D eigenvalue weighted by Gasteiger charge is -2.12. The van der Waals surface area contributed by atoms with Crippen LogP contribution in [0.5, 0.6) is 0 Å². The van der Waals surface area contributed by atoms with Crippen LogP contribution in [0.25, 0.3) is 5.69 Å². The molecule has 0 spiro atoms. The zero-order valence-corrected chi connectivity index (χ0v) is 8.98. The molecule has 6 heteroatoms. The summed E-state index contributed by atoms with van der Waals surface area (Å²) in [6.45, 7) is 0. The summed E-state index contributed by atoms with van der Waals surface area (Å²) >= 11 is 0. The fourth-order valence-electron chi connectivity index (χ4n) is 1.60. The predicted molar refractivity (Wildman–Crippen MR) is 57.7 cm³/mol. The maximum atomic E-state index is 12.6. The number of hydrogen-bond acceptors (Lipinski definition) is 1. The van der Waals surface area contributed by atoms with Gasteiger partial charge in [0.25, 0.3) is 0 Å². The molecule has 94 valence electrons. The molecule has 0 unspecified atom stereocenters. The molecule has 0 saturated heterocycles. The van der Waals surface area contributed by atoms with Gasteiger partial charge < -0.3 is 9.67 Å². The highest BCUT2D eigenvalue weighted by Gasteiger charge is 2.31. The Morgan fingerprint density at radius 3 is 2.28 bits per heavy atom. The van der Waals surface area contributed by atoms with Crippen LogP contribution in [0.3, 0.4) is 0 Å². The number of alkyl halides is 3. The normalized spacial score (nSPS) is 11.5. The van der Waals surface area contributed by atoms with E-state index in [1.54, 1.807) is 12.1 Å². The van der Waals surface area contributed by atoms with E-state index < -0.39 is 17.7 Å². The van der Waals surface area contributed by atoms with Crippen molar-refractivity contribution < 1.29 is 23.1 Å². The van der Waals surface area contributed by atoms with Crippen LogP contribution in [0, 0.1) is 0 Å². The highest BCUT2D eigenvalue weighted by atomic mass is 19.4. The molecule has 3 nitrogen and oxygen atoms in total. The second kappa shape index (κ2) is 4.21. The van der Waals surface area contributed by atoms with Crippen molar-refractivity contribution in [3.8, 4) is 5.69 Å². The quantitative estimate of drug-likeness (QED) is 0.895. The van der Waals surface area contributed by atoms with E-state index >= 15 is 0 Å². The Morgan fingerprint density at radius 1 is 1.17 bits per heavy atom. The molecular weight excluding hydrogens is 247 g/mol. The SMILES string of the molecule is O=C(O)c1ccc(C(F)(F)F)cc1-n1cccc1. The number of aromatic carboxylic acids is 1. The van der Waals surface area contributed by atoms with Crippen LogP contribution >= 0.6 is 0 Å². The number of carbonyl (C=O) groups is 1. The molecule has 0 fully saturated rings. The number of nitrogens with zero attached hydrogens (tertiary/aromatic N) is 1. The van der Waals surface area contributed by atoms with E-state index in [1.165, 1.54) is 17.0 Å². The highest BCUT2D eigenvalue weighted by molar-refractivity contribution is 5.92. The Bertz CT molecular complexity index is 574. The molecule has 1 aromatic heterocycles. The van der Waals surface area contributed by atoms with E-state index in [-0.39, 0.29) is 11.3 Å². The summed E-state index contributed by atoms with van der Waals surface area (Å²) in [4.78, 5) is 11.0. The van der Waals surface area contributed by atoms with Gasteiger partial charge in [0.05, 0.1) is 16.8 Å². The van der Waals surface area contributed by atoms with E-state index in [2.05, 4.69) is 0 Å². The van der Waals surface area contributed by atoms with E-state index in [0.717, 1.165) is 18.2 Å². The lowest BCUT2D eigenvalue weighted by Crippen LogP contribution is -2.10. The summed E-state index contributed by atoms with van der Waals surface area (Å²) in [5, 5.41) is 8.96. The van der Waals surface area contributed by atoms with Gasteiger partial charge >= 0.3 is 12.1 Å². The number of benzene rings is 1. The van der Waals surface area contributed by atoms with Crippen molar-refractivity contribution in [3.63, 3.8) is 0 Å². The number of aromatic nitrogens is 1. The zero-order valence-electron chi connectivity index (χ0n) is 8.98. The van der Waals surface area contributed by atoms with Crippen LogP contribution in [0.15, 0.2) is 42.7 Å². The molecule has 0 radical (unpaired) electrons. The Labute approximate surface area is 100 Å². The van der Waals surface area contributed by atoms with Gasteiger partial charge in [0.15, 0.2) is 0 Å². The average molecular weight is 255 g/mol. The number of hydrogen-bond donors (Lipinski definition) is 1. The molecule has 2 aromatic rings. The number of carboxylic acids is 1. The van der Waals surface area contributed by atoms with Crippen LogP contribution in [0.1, 0.15) is 15.9 Å². The summed E-state index contributed by atoms with van der Waals surface area (Å²) in [5.74, 6) is -1.27. The molecule has 1 N–H and O–H groups in total. The third-order valence-corrected chi connectivity index (χ3v) is 2.44. The van der Waals surface area contributed by atoms with Crippen LogP contribution < -0.4 is 0 Å². The first-order valence-corrected chi connectivity index (χ1v) is 4.97. The largest absolute Gasteiger partial charge is 0.478 e. The Balaban J connectivity index is 2.63. The Morgan fingerprint density at radius 2 is 1.78 bits per heavy atom. The number of halogens is 3. The molecule has 18 heavy (non-hydrogen) atoms. The summed E-state index contributed by atoms with van der Waals surface area (Å²) in [6.07, 6.45) is -1.53. The van der Waals surface area contributed by atoms with Crippen molar-refractivity contribution in [2.24, 2.45) is 0 Å². The van der Waals surface area contributed by atoms with Crippen LogP contribution in [0.2, 0.25) is 0 Å². The standard InChI is InChI=1S/C12H8F3NO2/c13-12(14,15)8-3-4-9(11(17)18)10(7-8)16-5-1-2-6-16/h1-7H,(H,17,18). The molecule has 1 heterocycles. The summed E-state index contributed by atoms with van der Waals surface area (Å²) < 4.78 is 39.1. The molecule has 2 rings (SSSR count). The van der Waals surface area contributed by atoms with E-state index in [1.807, 2.05) is 0 Å². The van der Waals surface area contributed by atoms with Gasteiger partial charge in [-0.15, -0.1) is 0 Å². The number of carboxylic acid groups (broad SMARTS) is 1. The van der Waals surface area contributed by atoms with Crippen molar-refractivity contribution in [1.29, 1.82) is 0 Å². The molecular formula is C12H8F3NO2. The van der Waals surface area contributed by atoms with Crippen molar-refractivity contribution in [3.05, 3.63) is 53.9 Å². The van der Waals surface area contributed by atoms with Crippen molar-refractivity contribution in [2.75, 3.05) is 0 Å². The zero-order chi connectivity index (χ0) is 13.3. The van der Waals surface area contributed by atoms with Gasteiger partial charge in [-0.2, -0.15) is 13.2 Å². The molecule has 0 aliphatic carbocycles. The van der Waals surface area contributed by atoms with Gasteiger partial charge in [-0.3, -0.25) is 0 Å². The first kappa shape index (κ1) is 12.2.